The van der Waals surface area contributed by atoms with Crippen LogP contribution in [0, 0.1) is 5.92 Å². The summed E-state index contributed by atoms with van der Waals surface area (Å²) in [6, 6.07) is 9.25. The van der Waals surface area contributed by atoms with Crippen molar-refractivity contribution in [3.05, 3.63) is 35.2 Å². The highest BCUT2D eigenvalue weighted by atomic mass is 32.1. The SMILES string of the molecule is O=C(O)C(CNC(=O)C(F)(F)F)Cc1cc2ccccc2s1. The first-order valence-corrected chi connectivity index (χ1v) is 7.14. The molecule has 0 fully saturated rings. The molecule has 4 nitrogen and oxygen atoms in total. The zero-order valence-electron chi connectivity index (χ0n) is 11.2. The number of halogens is 3. The smallest absolute Gasteiger partial charge is 0.471 e. The van der Waals surface area contributed by atoms with Crippen LogP contribution >= 0.6 is 11.3 Å². The molecule has 118 valence electrons. The molecule has 2 aromatic rings. The van der Waals surface area contributed by atoms with Gasteiger partial charge in [0.1, 0.15) is 0 Å². The summed E-state index contributed by atoms with van der Waals surface area (Å²) < 4.78 is 37.3. The fraction of sp³-hybridized carbons (Fsp3) is 0.286. The highest BCUT2D eigenvalue weighted by molar-refractivity contribution is 7.19. The predicted octanol–water partition coefficient (Wildman–Crippen LogP) is 2.82. The van der Waals surface area contributed by atoms with Gasteiger partial charge in [0, 0.05) is 16.1 Å². The molecule has 1 aromatic heterocycles. The summed E-state index contributed by atoms with van der Waals surface area (Å²) in [6.45, 7) is -0.568. The molecule has 0 aliphatic heterocycles. The summed E-state index contributed by atoms with van der Waals surface area (Å²) in [7, 11) is 0. The second-order valence-corrected chi connectivity index (χ2v) is 5.87. The van der Waals surface area contributed by atoms with E-state index in [9.17, 15) is 22.8 Å². The fourth-order valence-electron chi connectivity index (χ4n) is 1.94. The Kier molecular flexibility index (Phi) is 4.70. The molecule has 0 aliphatic rings. The Morgan fingerprint density at radius 1 is 1.27 bits per heavy atom. The molecule has 0 saturated heterocycles. The van der Waals surface area contributed by atoms with Crippen molar-refractivity contribution in [3.8, 4) is 0 Å². The lowest BCUT2D eigenvalue weighted by atomic mass is 10.0. The summed E-state index contributed by atoms with van der Waals surface area (Å²) in [5.41, 5.74) is 0. The van der Waals surface area contributed by atoms with Crippen molar-refractivity contribution in [1.29, 1.82) is 0 Å². The number of rotatable bonds is 5. The van der Waals surface area contributed by atoms with Gasteiger partial charge in [-0.05, 0) is 23.9 Å². The lowest BCUT2D eigenvalue weighted by Gasteiger charge is -2.13. The summed E-state index contributed by atoms with van der Waals surface area (Å²) in [6.07, 6.45) is -4.95. The Bertz CT molecular complexity index is 663. The van der Waals surface area contributed by atoms with Crippen LogP contribution in [0.3, 0.4) is 0 Å². The first-order valence-electron chi connectivity index (χ1n) is 6.32. The highest BCUT2D eigenvalue weighted by Crippen LogP contribution is 2.27. The molecular weight excluding hydrogens is 319 g/mol. The number of hydrogen-bond acceptors (Lipinski definition) is 3. The quantitative estimate of drug-likeness (QED) is 0.885. The number of fused-ring (bicyclic) bond motifs is 1. The van der Waals surface area contributed by atoms with Crippen LogP contribution < -0.4 is 5.32 Å². The third-order valence-electron chi connectivity index (χ3n) is 3.04. The molecule has 0 saturated carbocycles. The predicted molar refractivity (Wildman–Crippen MR) is 75.7 cm³/mol. The van der Waals surface area contributed by atoms with E-state index in [1.54, 1.807) is 5.32 Å². The fourth-order valence-corrected chi connectivity index (χ4v) is 3.09. The van der Waals surface area contributed by atoms with Gasteiger partial charge in [-0.3, -0.25) is 9.59 Å². The van der Waals surface area contributed by atoms with Crippen molar-refractivity contribution in [1.82, 2.24) is 5.32 Å². The number of alkyl halides is 3. The minimum atomic E-state index is -5.01. The van der Waals surface area contributed by atoms with Gasteiger partial charge in [-0.15, -0.1) is 11.3 Å². The van der Waals surface area contributed by atoms with Gasteiger partial charge in [-0.2, -0.15) is 13.2 Å². The number of carboxylic acids is 1. The van der Waals surface area contributed by atoms with Crippen LogP contribution in [0.1, 0.15) is 4.88 Å². The zero-order chi connectivity index (χ0) is 16.3. The second-order valence-electron chi connectivity index (χ2n) is 4.70. The van der Waals surface area contributed by atoms with Crippen LogP contribution in [-0.2, 0) is 16.0 Å². The molecule has 1 unspecified atom stereocenters. The molecule has 0 radical (unpaired) electrons. The molecule has 2 N–H and O–H groups in total. The van der Waals surface area contributed by atoms with E-state index >= 15 is 0 Å². The first kappa shape index (κ1) is 16.3. The summed E-state index contributed by atoms with van der Waals surface area (Å²) >= 11 is 1.38. The van der Waals surface area contributed by atoms with Gasteiger partial charge in [0.2, 0.25) is 0 Å². The van der Waals surface area contributed by atoms with Crippen LogP contribution in [0.15, 0.2) is 30.3 Å². The van der Waals surface area contributed by atoms with Crippen molar-refractivity contribution in [2.45, 2.75) is 12.6 Å². The van der Waals surface area contributed by atoms with E-state index < -0.39 is 30.5 Å². The van der Waals surface area contributed by atoms with Gasteiger partial charge in [-0.1, -0.05) is 18.2 Å². The van der Waals surface area contributed by atoms with E-state index in [-0.39, 0.29) is 6.42 Å². The topological polar surface area (TPSA) is 66.4 Å². The van der Waals surface area contributed by atoms with Gasteiger partial charge in [0.25, 0.3) is 0 Å². The Balaban J connectivity index is 2.05. The number of benzene rings is 1. The average molecular weight is 331 g/mol. The van der Waals surface area contributed by atoms with Crippen LogP contribution in [0.25, 0.3) is 10.1 Å². The third kappa shape index (κ3) is 3.97. The van der Waals surface area contributed by atoms with Crippen molar-refractivity contribution in [2.75, 3.05) is 6.54 Å². The number of hydrogen-bond donors (Lipinski definition) is 2. The molecule has 0 bridgehead atoms. The third-order valence-corrected chi connectivity index (χ3v) is 4.18. The molecular formula is C14H12F3NO3S. The summed E-state index contributed by atoms with van der Waals surface area (Å²) in [5.74, 6) is -4.49. The maximum Gasteiger partial charge on any atom is 0.471 e. The molecule has 1 heterocycles. The van der Waals surface area contributed by atoms with Crippen LogP contribution in [0.4, 0.5) is 13.2 Å². The van der Waals surface area contributed by atoms with Gasteiger partial charge >= 0.3 is 18.1 Å². The molecule has 0 aliphatic carbocycles. The number of aliphatic carboxylic acids is 1. The van der Waals surface area contributed by atoms with Crippen LogP contribution in [0.5, 0.6) is 0 Å². The number of carboxylic acid groups (broad SMARTS) is 1. The molecule has 2 rings (SSSR count). The Hall–Kier alpha value is -2.09. The van der Waals surface area contributed by atoms with E-state index in [0.29, 0.717) is 0 Å². The van der Waals surface area contributed by atoms with E-state index in [1.165, 1.54) is 11.3 Å². The van der Waals surface area contributed by atoms with E-state index in [2.05, 4.69) is 0 Å². The molecule has 0 spiro atoms. The van der Waals surface area contributed by atoms with Crippen molar-refractivity contribution >= 4 is 33.3 Å². The number of carbonyl (C=O) groups is 2. The van der Waals surface area contributed by atoms with Crippen molar-refractivity contribution in [2.24, 2.45) is 5.92 Å². The minimum Gasteiger partial charge on any atom is -0.481 e. The molecule has 1 atom stereocenters. The standard InChI is InChI=1S/C14H12F3NO3S/c15-14(16,17)13(21)18-7-9(12(19)20)6-10-5-8-3-1-2-4-11(8)22-10/h1-5,9H,6-7H2,(H,18,21)(H,19,20). The number of nitrogens with one attached hydrogen (secondary N) is 1. The zero-order valence-corrected chi connectivity index (χ0v) is 12.0. The van der Waals surface area contributed by atoms with Crippen LogP contribution in [-0.4, -0.2) is 29.7 Å². The highest BCUT2D eigenvalue weighted by Gasteiger charge is 2.39. The van der Waals surface area contributed by atoms with Crippen molar-refractivity contribution < 1.29 is 27.9 Å². The first-order chi connectivity index (χ1) is 10.3. The van der Waals surface area contributed by atoms with Crippen LogP contribution in [0.2, 0.25) is 0 Å². The summed E-state index contributed by atoms with van der Waals surface area (Å²) in [5, 5.41) is 11.7. The lowest BCUT2D eigenvalue weighted by molar-refractivity contribution is -0.174. The van der Waals surface area contributed by atoms with E-state index in [4.69, 9.17) is 5.11 Å². The number of carbonyl (C=O) groups excluding carboxylic acids is 1. The van der Waals surface area contributed by atoms with Gasteiger partial charge in [0.15, 0.2) is 0 Å². The monoisotopic (exact) mass is 331 g/mol. The number of amides is 1. The molecule has 22 heavy (non-hydrogen) atoms. The number of thiophene rings is 1. The minimum absolute atomic E-state index is 0.0623. The Morgan fingerprint density at radius 3 is 2.55 bits per heavy atom. The Morgan fingerprint density at radius 2 is 1.95 bits per heavy atom. The largest absolute Gasteiger partial charge is 0.481 e. The van der Waals surface area contributed by atoms with E-state index in [1.807, 2.05) is 30.3 Å². The van der Waals surface area contributed by atoms with Gasteiger partial charge in [-0.25, -0.2) is 0 Å². The van der Waals surface area contributed by atoms with E-state index in [0.717, 1.165) is 15.0 Å². The summed E-state index contributed by atoms with van der Waals surface area (Å²) in [4.78, 5) is 22.7. The maximum absolute atomic E-state index is 12.1. The second kappa shape index (κ2) is 6.35. The normalized spacial score (nSPS) is 13.0. The molecule has 1 aromatic carbocycles. The lowest BCUT2D eigenvalue weighted by Crippen LogP contribution is -2.41. The van der Waals surface area contributed by atoms with Crippen molar-refractivity contribution in [3.63, 3.8) is 0 Å². The average Bonchev–Trinajstić information content (AvgIpc) is 2.83. The maximum atomic E-state index is 12.1. The molecule has 1 amide bonds. The van der Waals surface area contributed by atoms with Gasteiger partial charge < -0.3 is 10.4 Å². The van der Waals surface area contributed by atoms with Gasteiger partial charge in [0.05, 0.1) is 5.92 Å². The molecule has 8 heteroatoms. The Labute approximate surface area is 127 Å².